The molecule has 0 heterocycles. The van der Waals surface area contributed by atoms with E-state index in [-0.39, 0.29) is 31.1 Å². The van der Waals surface area contributed by atoms with Crippen LogP contribution in [0.25, 0.3) is 0 Å². The first-order valence-electron chi connectivity index (χ1n) is 24.6. The van der Waals surface area contributed by atoms with Gasteiger partial charge in [-0.3, -0.25) is 14.4 Å². The Balaban J connectivity index is 4.41. The molecular formula is C52H92O6. The van der Waals surface area contributed by atoms with Gasteiger partial charge >= 0.3 is 17.9 Å². The third-order valence-electron chi connectivity index (χ3n) is 10.6. The molecule has 0 radical (unpaired) electrons. The van der Waals surface area contributed by atoms with Crippen LogP contribution in [0, 0.1) is 0 Å². The van der Waals surface area contributed by atoms with Gasteiger partial charge in [0.25, 0.3) is 0 Å². The highest BCUT2D eigenvalue weighted by molar-refractivity contribution is 5.71. The number of carbonyl (C=O) groups excluding carboxylic acids is 3. The van der Waals surface area contributed by atoms with Crippen LogP contribution < -0.4 is 0 Å². The Hall–Kier alpha value is -2.63. The zero-order valence-corrected chi connectivity index (χ0v) is 38.3. The fraction of sp³-hybridized carbons (Fsp3) is 0.788. The van der Waals surface area contributed by atoms with Crippen LogP contribution in [0.4, 0.5) is 0 Å². The van der Waals surface area contributed by atoms with Crippen LogP contribution >= 0.6 is 0 Å². The zero-order chi connectivity index (χ0) is 42.3. The first-order valence-corrected chi connectivity index (χ1v) is 24.6. The largest absolute Gasteiger partial charge is 0.462 e. The van der Waals surface area contributed by atoms with Crippen molar-refractivity contribution in [1.82, 2.24) is 0 Å². The molecule has 0 spiro atoms. The van der Waals surface area contributed by atoms with Gasteiger partial charge in [0.1, 0.15) is 13.2 Å². The van der Waals surface area contributed by atoms with Gasteiger partial charge in [-0.25, -0.2) is 0 Å². The number of hydrogen-bond acceptors (Lipinski definition) is 6. The average Bonchev–Trinajstić information content (AvgIpc) is 3.22. The number of esters is 3. The number of ether oxygens (including phenoxy) is 3. The van der Waals surface area contributed by atoms with E-state index in [0.29, 0.717) is 19.3 Å². The number of allylic oxidation sites excluding steroid dienone is 8. The van der Waals surface area contributed by atoms with Gasteiger partial charge in [-0.15, -0.1) is 0 Å². The van der Waals surface area contributed by atoms with Crippen molar-refractivity contribution >= 4 is 17.9 Å². The average molecular weight is 813 g/mol. The molecule has 6 heteroatoms. The molecule has 0 bridgehead atoms. The standard InChI is InChI=1S/C52H92O6/c1-4-7-10-13-16-19-22-25-26-28-30-33-36-39-42-45-51(54)57-48-49(47-56-50(53)44-41-38-35-32-29-24-21-18-15-12-9-6-3)58-52(55)46-43-40-37-34-31-27-23-20-17-14-11-8-5-2/h8,11,17,20,25-27,31,49H,4-7,9-10,12-16,18-19,21-24,28-30,32-48H2,1-3H3/b11-8-,20-17-,26-25-,31-27-. The fourth-order valence-electron chi connectivity index (χ4n) is 6.86. The van der Waals surface area contributed by atoms with E-state index in [1.807, 2.05) is 0 Å². The van der Waals surface area contributed by atoms with Crippen LogP contribution in [-0.4, -0.2) is 37.2 Å². The molecule has 0 N–H and O–H groups in total. The Morgan fingerprint density at radius 3 is 1.09 bits per heavy atom. The molecule has 0 saturated heterocycles. The van der Waals surface area contributed by atoms with Gasteiger partial charge in [0.15, 0.2) is 6.10 Å². The second-order valence-electron chi connectivity index (χ2n) is 16.3. The van der Waals surface area contributed by atoms with Crippen LogP contribution in [-0.2, 0) is 28.6 Å². The summed E-state index contributed by atoms with van der Waals surface area (Å²) in [7, 11) is 0. The Labute approximate surface area is 358 Å². The summed E-state index contributed by atoms with van der Waals surface area (Å²) in [6.45, 7) is 6.49. The number of hydrogen-bond donors (Lipinski definition) is 0. The molecule has 336 valence electrons. The van der Waals surface area contributed by atoms with Gasteiger partial charge in [-0.05, 0) is 77.0 Å². The van der Waals surface area contributed by atoms with Gasteiger partial charge in [0.2, 0.25) is 0 Å². The van der Waals surface area contributed by atoms with Crippen molar-refractivity contribution in [3.63, 3.8) is 0 Å². The summed E-state index contributed by atoms with van der Waals surface area (Å²) >= 11 is 0. The molecule has 0 aliphatic carbocycles. The lowest BCUT2D eigenvalue weighted by Gasteiger charge is -2.18. The van der Waals surface area contributed by atoms with Gasteiger partial charge in [-0.1, -0.05) is 198 Å². The molecule has 0 saturated carbocycles. The second kappa shape index (κ2) is 47.1. The van der Waals surface area contributed by atoms with Crippen molar-refractivity contribution in [1.29, 1.82) is 0 Å². The monoisotopic (exact) mass is 813 g/mol. The van der Waals surface area contributed by atoms with Crippen molar-refractivity contribution in [2.75, 3.05) is 13.2 Å². The first-order chi connectivity index (χ1) is 28.5. The lowest BCUT2D eigenvalue weighted by atomic mass is 10.0. The Bertz CT molecular complexity index is 1030. The van der Waals surface area contributed by atoms with Crippen LogP contribution in [0.15, 0.2) is 48.6 Å². The van der Waals surface area contributed by atoms with Crippen LogP contribution in [0.2, 0.25) is 0 Å². The molecule has 1 unspecified atom stereocenters. The van der Waals surface area contributed by atoms with E-state index in [1.54, 1.807) is 0 Å². The third kappa shape index (κ3) is 44.5. The van der Waals surface area contributed by atoms with E-state index >= 15 is 0 Å². The molecule has 0 amide bonds. The Kier molecular flexibility index (Phi) is 44.9. The smallest absolute Gasteiger partial charge is 0.306 e. The third-order valence-corrected chi connectivity index (χ3v) is 10.6. The molecule has 0 aromatic carbocycles. The zero-order valence-electron chi connectivity index (χ0n) is 38.3. The van der Waals surface area contributed by atoms with E-state index in [2.05, 4.69) is 69.4 Å². The molecule has 0 rings (SSSR count). The predicted molar refractivity (Wildman–Crippen MR) is 247 cm³/mol. The maximum Gasteiger partial charge on any atom is 0.306 e. The van der Waals surface area contributed by atoms with E-state index < -0.39 is 6.10 Å². The quantitative estimate of drug-likeness (QED) is 0.0264. The van der Waals surface area contributed by atoms with E-state index in [1.165, 1.54) is 116 Å². The van der Waals surface area contributed by atoms with Crippen molar-refractivity contribution in [3.8, 4) is 0 Å². The Morgan fingerprint density at radius 1 is 0.362 bits per heavy atom. The minimum absolute atomic E-state index is 0.0857. The number of rotatable bonds is 44. The Morgan fingerprint density at radius 2 is 0.672 bits per heavy atom. The van der Waals surface area contributed by atoms with Crippen LogP contribution in [0.3, 0.4) is 0 Å². The van der Waals surface area contributed by atoms with Crippen LogP contribution in [0.1, 0.15) is 245 Å². The minimum atomic E-state index is -0.787. The van der Waals surface area contributed by atoms with Crippen molar-refractivity contribution in [2.24, 2.45) is 0 Å². The molecule has 0 aliphatic heterocycles. The summed E-state index contributed by atoms with van der Waals surface area (Å²) in [6.07, 6.45) is 55.2. The lowest BCUT2D eigenvalue weighted by Crippen LogP contribution is -2.30. The van der Waals surface area contributed by atoms with E-state index in [4.69, 9.17) is 14.2 Å². The predicted octanol–water partition coefficient (Wildman–Crippen LogP) is 15.9. The topological polar surface area (TPSA) is 78.9 Å². The molecule has 0 aromatic heterocycles. The van der Waals surface area contributed by atoms with Crippen molar-refractivity contribution < 1.29 is 28.6 Å². The maximum atomic E-state index is 12.7. The van der Waals surface area contributed by atoms with E-state index in [9.17, 15) is 14.4 Å². The highest BCUT2D eigenvalue weighted by Crippen LogP contribution is 2.14. The van der Waals surface area contributed by atoms with Gasteiger partial charge in [0.05, 0.1) is 0 Å². The highest BCUT2D eigenvalue weighted by atomic mass is 16.6. The SMILES string of the molecule is CC/C=C\C/C=C\C/C=C\CCCCCC(=O)OC(COC(=O)CCCCCCC/C=C\CCCCCCCC)COC(=O)CCCCCCCCCCCCCC. The summed E-state index contributed by atoms with van der Waals surface area (Å²) in [5.41, 5.74) is 0. The summed E-state index contributed by atoms with van der Waals surface area (Å²) in [4.78, 5) is 37.8. The summed E-state index contributed by atoms with van der Waals surface area (Å²) in [5, 5.41) is 0. The fourth-order valence-corrected chi connectivity index (χ4v) is 6.86. The lowest BCUT2D eigenvalue weighted by molar-refractivity contribution is -0.167. The van der Waals surface area contributed by atoms with Crippen LogP contribution in [0.5, 0.6) is 0 Å². The van der Waals surface area contributed by atoms with Crippen molar-refractivity contribution in [3.05, 3.63) is 48.6 Å². The summed E-state index contributed by atoms with van der Waals surface area (Å²) in [5.74, 6) is -0.920. The molecule has 6 nitrogen and oxygen atoms in total. The summed E-state index contributed by atoms with van der Waals surface area (Å²) in [6, 6.07) is 0. The molecular weight excluding hydrogens is 721 g/mol. The molecule has 1 atom stereocenters. The molecule has 0 aliphatic rings. The molecule has 58 heavy (non-hydrogen) atoms. The number of carbonyl (C=O) groups is 3. The van der Waals surface area contributed by atoms with Crippen molar-refractivity contribution in [2.45, 2.75) is 252 Å². The van der Waals surface area contributed by atoms with Gasteiger partial charge < -0.3 is 14.2 Å². The second-order valence-corrected chi connectivity index (χ2v) is 16.3. The molecule has 0 aromatic rings. The number of unbranched alkanes of at least 4 members (excludes halogenated alkanes) is 25. The highest BCUT2D eigenvalue weighted by Gasteiger charge is 2.19. The summed E-state index contributed by atoms with van der Waals surface area (Å²) < 4.78 is 16.7. The van der Waals surface area contributed by atoms with Gasteiger partial charge in [0, 0.05) is 19.3 Å². The van der Waals surface area contributed by atoms with E-state index in [0.717, 1.165) is 89.9 Å². The van der Waals surface area contributed by atoms with Gasteiger partial charge in [-0.2, -0.15) is 0 Å². The molecule has 0 fully saturated rings. The normalized spacial score (nSPS) is 12.4. The minimum Gasteiger partial charge on any atom is -0.462 e. The maximum absolute atomic E-state index is 12.7. The first kappa shape index (κ1) is 55.4.